The summed E-state index contributed by atoms with van der Waals surface area (Å²) in [6.07, 6.45) is 2.38. The maximum atomic E-state index is 12.5. The number of hydrogen-bond donors (Lipinski definition) is 2. The fourth-order valence-electron chi connectivity index (χ4n) is 3.39. The molecule has 26 heavy (non-hydrogen) atoms. The summed E-state index contributed by atoms with van der Waals surface area (Å²) in [6.45, 7) is 0.424. The van der Waals surface area contributed by atoms with Crippen molar-refractivity contribution in [3.63, 3.8) is 0 Å². The Balaban J connectivity index is 1.63. The van der Waals surface area contributed by atoms with E-state index in [0.29, 0.717) is 18.0 Å². The van der Waals surface area contributed by atoms with Gasteiger partial charge in [0.1, 0.15) is 6.04 Å². The molecule has 4 rings (SSSR count). The zero-order chi connectivity index (χ0) is 18.1. The molecule has 0 spiro atoms. The van der Waals surface area contributed by atoms with Crippen molar-refractivity contribution in [1.82, 2.24) is 15.2 Å². The second kappa shape index (κ2) is 6.84. The van der Waals surface area contributed by atoms with Crippen molar-refractivity contribution in [2.24, 2.45) is 0 Å². The van der Waals surface area contributed by atoms with Gasteiger partial charge in [-0.1, -0.05) is 41.9 Å². The first-order valence-electron chi connectivity index (χ1n) is 8.48. The van der Waals surface area contributed by atoms with Gasteiger partial charge in [0.15, 0.2) is 0 Å². The number of piperazine rings is 1. The van der Waals surface area contributed by atoms with Gasteiger partial charge in [0.25, 0.3) is 0 Å². The van der Waals surface area contributed by atoms with E-state index in [1.165, 1.54) is 0 Å². The third-order valence-corrected chi connectivity index (χ3v) is 5.02. The van der Waals surface area contributed by atoms with E-state index in [1.807, 2.05) is 42.6 Å². The quantitative estimate of drug-likeness (QED) is 0.744. The van der Waals surface area contributed by atoms with Crippen LogP contribution >= 0.6 is 11.6 Å². The Hall–Kier alpha value is -2.79. The van der Waals surface area contributed by atoms with Gasteiger partial charge >= 0.3 is 0 Å². The number of aromatic amines is 1. The summed E-state index contributed by atoms with van der Waals surface area (Å²) >= 11 is 5.94. The first-order chi connectivity index (χ1) is 12.6. The lowest BCUT2D eigenvalue weighted by molar-refractivity contribution is -0.146. The number of halogens is 1. The summed E-state index contributed by atoms with van der Waals surface area (Å²) in [6, 6.07) is 14.8. The first kappa shape index (κ1) is 16.7. The molecule has 0 bridgehead atoms. The Morgan fingerprint density at radius 3 is 2.65 bits per heavy atom. The Labute approximate surface area is 155 Å². The van der Waals surface area contributed by atoms with Crippen molar-refractivity contribution in [1.29, 1.82) is 0 Å². The molecule has 132 valence electrons. The number of para-hydroxylation sites is 1. The summed E-state index contributed by atoms with van der Waals surface area (Å²) in [5, 5.41) is 4.42. The van der Waals surface area contributed by atoms with Crippen LogP contribution in [0.2, 0.25) is 5.02 Å². The van der Waals surface area contributed by atoms with Crippen LogP contribution < -0.4 is 5.32 Å². The number of rotatable bonds is 4. The fraction of sp³-hybridized carbons (Fsp3) is 0.200. The van der Waals surface area contributed by atoms with Crippen LogP contribution in [-0.2, 0) is 22.6 Å². The second-order valence-electron chi connectivity index (χ2n) is 6.45. The maximum Gasteiger partial charge on any atom is 0.243 e. The fourth-order valence-corrected chi connectivity index (χ4v) is 3.52. The molecular weight excluding hydrogens is 350 g/mol. The molecule has 1 aliphatic heterocycles. The molecule has 5 nitrogen and oxygen atoms in total. The van der Waals surface area contributed by atoms with Crippen LogP contribution in [0, 0.1) is 0 Å². The van der Waals surface area contributed by atoms with Gasteiger partial charge in [0, 0.05) is 35.1 Å². The summed E-state index contributed by atoms with van der Waals surface area (Å²) in [5.41, 5.74) is 2.99. The van der Waals surface area contributed by atoms with Crippen LogP contribution in [0.4, 0.5) is 0 Å². The Morgan fingerprint density at radius 2 is 1.85 bits per heavy atom. The number of amides is 2. The number of nitrogens with one attached hydrogen (secondary N) is 2. The molecule has 1 aromatic heterocycles. The lowest BCUT2D eigenvalue weighted by atomic mass is 10.0. The highest BCUT2D eigenvalue weighted by molar-refractivity contribution is 6.30. The van der Waals surface area contributed by atoms with Gasteiger partial charge in [-0.2, -0.15) is 0 Å². The number of benzene rings is 2. The molecule has 1 atom stereocenters. The molecular formula is C20H18ClN3O2. The van der Waals surface area contributed by atoms with Crippen molar-refractivity contribution in [3.05, 3.63) is 70.9 Å². The number of H-pyrrole nitrogens is 1. The third kappa shape index (κ3) is 3.18. The van der Waals surface area contributed by atoms with Gasteiger partial charge in [-0.25, -0.2) is 0 Å². The number of carbonyl (C=O) groups excluding carboxylic acids is 2. The largest absolute Gasteiger partial charge is 0.361 e. The van der Waals surface area contributed by atoms with Crippen LogP contribution in [0.3, 0.4) is 0 Å². The molecule has 1 fully saturated rings. The SMILES string of the molecule is O=C1NCC(=O)N(Cc2ccc(Cl)cc2)[C@H]1Cc1c[nH]c2ccccc12. The van der Waals surface area contributed by atoms with Crippen LogP contribution in [0.25, 0.3) is 10.9 Å². The minimum atomic E-state index is -0.536. The zero-order valence-corrected chi connectivity index (χ0v) is 14.8. The van der Waals surface area contributed by atoms with Crippen molar-refractivity contribution in [2.45, 2.75) is 19.0 Å². The van der Waals surface area contributed by atoms with Gasteiger partial charge in [-0.15, -0.1) is 0 Å². The highest BCUT2D eigenvalue weighted by Gasteiger charge is 2.34. The first-order valence-corrected chi connectivity index (χ1v) is 8.86. The summed E-state index contributed by atoms with van der Waals surface area (Å²) in [7, 11) is 0. The number of nitrogens with zero attached hydrogens (tertiary/aromatic N) is 1. The van der Waals surface area contributed by atoms with E-state index in [9.17, 15) is 9.59 Å². The third-order valence-electron chi connectivity index (χ3n) is 4.77. The van der Waals surface area contributed by atoms with Crippen LogP contribution in [0.5, 0.6) is 0 Å². The van der Waals surface area contributed by atoms with Crippen molar-refractivity contribution in [3.8, 4) is 0 Å². The summed E-state index contributed by atoms with van der Waals surface area (Å²) in [4.78, 5) is 29.9. The topological polar surface area (TPSA) is 65.2 Å². The predicted octanol–water partition coefficient (Wildman–Crippen LogP) is 2.89. The molecule has 3 aromatic rings. The predicted molar refractivity (Wildman–Crippen MR) is 101 cm³/mol. The normalized spacial score (nSPS) is 17.6. The van der Waals surface area contributed by atoms with Crippen molar-refractivity contribution < 1.29 is 9.59 Å². The monoisotopic (exact) mass is 367 g/mol. The molecule has 0 radical (unpaired) electrons. The van der Waals surface area contributed by atoms with Gasteiger partial charge in [0.05, 0.1) is 6.54 Å². The summed E-state index contributed by atoms with van der Waals surface area (Å²) < 4.78 is 0. The van der Waals surface area contributed by atoms with Crippen LogP contribution in [0.15, 0.2) is 54.7 Å². The van der Waals surface area contributed by atoms with Gasteiger partial charge in [-0.05, 0) is 29.3 Å². The lowest BCUT2D eigenvalue weighted by Crippen LogP contribution is -2.58. The molecule has 1 saturated heterocycles. The van der Waals surface area contributed by atoms with Gasteiger partial charge in [0.2, 0.25) is 11.8 Å². The van der Waals surface area contributed by atoms with Crippen molar-refractivity contribution >= 4 is 34.3 Å². The van der Waals surface area contributed by atoms with Crippen LogP contribution in [0.1, 0.15) is 11.1 Å². The number of fused-ring (bicyclic) bond motifs is 1. The average molecular weight is 368 g/mol. The lowest BCUT2D eigenvalue weighted by Gasteiger charge is -2.35. The smallest absolute Gasteiger partial charge is 0.243 e. The molecule has 0 saturated carbocycles. The van der Waals surface area contributed by atoms with Gasteiger partial charge < -0.3 is 15.2 Å². The molecule has 2 aromatic carbocycles. The number of aromatic nitrogens is 1. The van der Waals surface area contributed by atoms with Gasteiger partial charge in [-0.3, -0.25) is 9.59 Å². The molecule has 2 amide bonds. The molecule has 1 aliphatic rings. The zero-order valence-electron chi connectivity index (χ0n) is 14.0. The minimum absolute atomic E-state index is 0.0385. The highest BCUT2D eigenvalue weighted by atomic mass is 35.5. The van der Waals surface area contributed by atoms with E-state index in [4.69, 9.17) is 11.6 Å². The minimum Gasteiger partial charge on any atom is -0.361 e. The Bertz CT molecular complexity index is 965. The molecule has 0 unspecified atom stereocenters. The number of carbonyl (C=O) groups is 2. The maximum absolute atomic E-state index is 12.5. The standard InChI is InChI=1S/C20H18ClN3O2/c21-15-7-5-13(6-8-15)12-24-18(20(26)23-11-19(24)25)9-14-10-22-17-4-2-1-3-16(14)17/h1-8,10,18,22H,9,11-12H2,(H,23,26)/t18-/m0/s1. The second-order valence-corrected chi connectivity index (χ2v) is 6.88. The van der Waals surface area contributed by atoms with Crippen molar-refractivity contribution in [2.75, 3.05) is 6.54 Å². The molecule has 0 aliphatic carbocycles. The van der Waals surface area contributed by atoms with E-state index in [1.54, 1.807) is 17.0 Å². The average Bonchev–Trinajstić information content (AvgIpc) is 3.06. The molecule has 2 N–H and O–H groups in total. The molecule has 2 heterocycles. The summed E-state index contributed by atoms with van der Waals surface area (Å²) in [5.74, 6) is -0.201. The van der Waals surface area contributed by atoms with E-state index in [2.05, 4.69) is 10.3 Å². The number of hydrogen-bond acceptors (Lipinski definition) is 2. The van der Waals surface area contributed by atoms with E-state index < -0.39 is 6.04 Å². The molecule has 6 heteroatoms. The highest BCUT2D eigenvalue weighted by Crippen LogP contribution is 2.23. The Morgan fingerprint density at radius 1 is 1.08 bits per heavy atom. The van der Waals surface area contributed by atoms with E-state index in [-0.39, 0.29) is 18.4 Å². The van der Waals surface area contributed by atoms with E-state index >= 15 is 0 Å². The van der Waals surface area contributed by atoms with Crippen LogP contribution in [-0.4, -0.2) is 34.3 Å². The Kier molecular flexibility index (Phi) is 4.39. The van der Waals surface area contributed by atoms with E-state index in [0.717, 1.165) is 22.0 Å².